The van der Waals surface area contributed by atoms with Gasteiger partial charge in [0.1, 0.15) is 4.21 Å². The van der Waals surface area contributed by atoms with Crippen LogP contribution in [0.25, 0.3) is 0 Å². The Morgan fingerprint density at radius 2 is 1.74 bits per heavy atom. The molecular formula is C13H20ClNO2S2. The van der Waals surface area contributed by atoms with Crippen LogP contribution in [0.4, 0.5) is 0 Å². The lowest BCUT2D eigenvalue weighted by atomic mass is 10.1. The second-order valence-electron chi connectivity index (χ2n) is 4.83. The van der Waals surface area contributed by atoms with Crippen molar-refractivity contribution in [3.05, 3.63) is 17.0 Å². The van der Waals surface area contributed by atoms with Crippen LogP contribution in [0, 0.1) is 0 Å². The van der Waals surface area contributed by atoms with Gasteiger partial charge in [-0.1, -0.05) is 19.3 Å². The second kappa shape index (κ2) is 7.07. The number of alkyl halides is 1. The van der Waals surface area contributed by atoms with E-state index in [0.717, 1.165) is 37.0 Å². The fourth-order valence-corrected chi connectivity index (χ4v) is 5.65. The average molecular weight is 322 g/mol. The largest absolute Gasteiger partial charge is 0.252 e. The van der Waals surface area contributed by atoms with Crippen molar-refractivity contribution in [3.8, 4) is 0 Å². The van der Waals surface area contributed by atoms with Gasteiger partial charge < -0.3 is 0 Å². The molecule has 0 N–H and O–H groups in total. The predicted molar refractivity (Wildman–Crippen MR) is 80.6 cm³/mol. The smallest absolute Gasteiger partial charge is 0.206 e. The molecule has 0 aromatic carbocycles. The normalized spacial score (nSPS) is 19.0. The van der Waals surface area contributed by atoms with E-state index in [1.807, 2.05) is 6.07 Å². The number of sulfonamides is 1. The summed E-state index contributed by atoms with van der Waals surface area (Å²) < 4.78 is 27.3. The van der Waals surface area contributed by atoms with E-state index in [1.165, 1.54) is 17.8 Å². The highest BCUT2D eigenvalue weighted by Crippen LogP contribution is 2.27. The molecule has 0 bridgehead atoms. The van der Waals surface area contributed by atoms with Gasteiger partial charge in [-0.05, 0) is 31.4 Å². The maximum absolute atomic E-state index is 12.6. The summed E-state index contributed by atoms with van der Waals surface area (Å²) >= 11 is 7.05. The van der Waals surface area contributed by atoms with Crippen LogP contribution in [-0.2, 0) is 16.4 Å². The van der Waals surface area contributed by atoms with Crippen molar-refractivity contribution in [2.24, 2.45) is 0 Å². The summed E-state index contributed by atoms with van der Waals surface area (Å²) in [5, 5.41) is 0. The van der Waals surface area contributed by atoms with E-state index < -0.39 is 10.0 Å². The molecule has 1 aromatic rings. The Bertz CT molecular complexity index is 490. The Balaban J connectivity index is 2.14. The van der Waals surface area contributed by atoms with E-state index in [1.54, 1.807) is 10.4 Å². The highest BCUT2D eigenvalue weighted by molar-refractivity contribution is 7.91. The number of rotatable bonds is 4. The lowest BCUT2D eigenvalue weighted by Gasteiger charge is -2.23. The minimum absolute atomic E-state index is 0.466. The van der Waals surface area contributed by atoms with Gasteiger partial charge in [0.15, 0.2) is 0 Å². The molecular weight excluding hydrogens is 302 g/mol. The Hall–Kier alpha value is -0.100. The second-order valence-corrected chi connectivity index (χ2v) is 8.54. The van der Waals surface area contributed by atoms with E-state index in [2.05, 4.69) is 0 Å². The predicted octanol–water partition coefficient (Wildman–Crippen LogP) is 3.48. The minimum Gasteiger partial charge on any atom is -0.206 e. The quantitative estimate of drug-likeness (QED) is 0.796. The van der Waals surface area contributed by atoms with Crippen molar-refractivity contribution in [2.45, 2.75) is 42.7 Å². The first-order valence-corrected chi connectivity index (χ1v) is 9.58. The Labute approximate surface area is 124 Å². The Morgan fingerprint density at radius 3 is 2.37 bits per heavy atom. The number of halogens is 1. The van der Waals surface area contributed by atoms with Crippen molar-refractivity contribution in [1.82, 2.24) is 4.31 Å². The molecule has 1 aromatic heterocycles. The number of aryl methyl sites for hydroxylation is 1. The molecule has 6 heteroatoms. The summed E-state index contributed by atoms with van der Waals surface area (Å²) in [6, 6.07) is 3.60. The van der Waals surface area contributed by atoms with Gasteiger partial charge in [-0.3, -0.25) is 0 Å². The van der Waals surface area contributed by atoms with Gasteiger partial charge in [-0.2, -0.15) is 4.31 Å². The average Bonchev–Trinajstić information content (AvgIpc) is 2.77. The molecule has 0 amide bonds. The van der Waals surface area contributed by atoms with Crippen LogP contribution in [0.3, 0.4) is 0 Å². The van der Waals surface area contributed by atoms with Crippen LogP contribution in [0.15, 0.2) is 16.3 Å². The fraction of sp³-hybridized carbons (Fsp3) is 0.692. The van der Waals surface area contributed by atoms with Gasteiger partial charge in [-0.25, -0.2) is 8.42 Å². The van der Waals surface area contributed by atoms with Crippen molar-refractivity contribution in [1.29, 1.82) is 0 Å². The molecule has 2 rings (SSSR count). The molecule has 1 aliphatic heterocycles. The summed E-state index contributed by atoms with van der Waals surface area (Å²) in [5.41, 5.74) is 0. The van der Waals surface area contributed by atoms with Gasteiger partial charge in [0, 0.05) is 23.8 Å². The number of thiophene rings is 1. The van der Waals surface area contributed by atoms with Crippen LogP contribution in [0.2, 0.25) is 0 Å². The molecule has 0 atom stereocenters. The number of hydrogen-bond acceptors (Lipinski definition) is 3. The van der Waals surface area contributed by atoms with Gasteiger partial charge in [0.2, 0.25) is 0 Å². The molecule has 19 heavy (non-hydrogen) atoms. The molecule has 1 aliphatic rings. The highest BCUT2D eigenvalue weighted by atomic mass is 35.5. The number of hydrogen-bond donors (Lipinski definition) is 0. The van der Waals surface area contributed by atoms with E-state index in [4.69, 9.17) is 11.6 Å². The van der Waals surface area contributed by atoms with Crippen LogP contribution in [0.5, 0.6) is 0 Å². The molecule has 0 unspecified atom stereocenters. The molecule has 108 valence electrons. The first kappa shape index (κ1) is 15.3. The minimum atomic E-state index is -3.29. The molecule has 1 fully saturated rings. The number of nitrogens with zero attached hydrogens (tertiary/aromatic N) is 1. The topological polar surface area (TPSA) is 37.4 Å². The zero-order chi connectivity index (χ0) is 13.7. The molecule has 0 aliphatic carbocycles. The van der Waals surface area contributed by atoms with Crippen molar-refractivity contribution in [3.63, 3.8) is 0 Å². The summed E-state index contributed by atoms with van der Waals surface area (Å²) in [4.78, 5) is 1.04. The van der Waals surface area contributed by atoms with Gasteiger partial charge >= 0.3 is 0 Å². The third-order valence-electron chi connectivity index (χ3n) is 3.39. The third-order valence-corrected chi connectivity index (χ3v) is 7.09. The monoisotopic (exact) mass is 321 g/mol. The summed E-state index contributed by atoms with van der Waals surface area (Å²) in [5.74, 6) is 0.531. The van der Waals surface area contributed by atoms with Gasteiger partial charge in [0.05, 0.1) is 0 Å². The van der Waals surface area contributed by atoms with Crippen molar-refractivity contribution in [2.75, 3.05) is 19.0 Å². The maximum Gasteiger partial charge on any atom is 0.252 e. The molecule has 0 radical (unpaired) electrons. The first-order valence-electron chi connectivity index (χ1n) is 6.79. The van der Waals surface area contributed by atoms with E-state index in [0.29, 0.717) is 23.2 Å². The molecule has 2 heterocycles. The molecule has 0 spiro atoms. The molecule has 1 saturated heterocycles. The SMILES string of the molecule is O=S(=O)(c1ccc(CCCl)s1)N1CCCCCCC1. The zero-order valence-corrected chi connectivity index (χ0v) is 13.4. The zero-order valence-electron chi connectivity index (χ0n) is 11.0. The Morgan fingerprint density at radius 1 is 1.11 bits per heavy atom. The first-order chi connectivity index (χ1) is 9.14. The van der Waals surface area contributed by atoms with Gasteiger partial charge in [-0.15, -0.1) is 22.9 Å². The summed E-state index contributed by atoms with van der Waals surface area (Å²) in [6.07, 6.45) is 6.18. The van der Waals surface area contributed by atoms with Crippen LogP contribution in [-0.4, -0.2) is 31.7 Å². The van der Waals surface area contributed by atoms with E-state index >= 15 is 0 Å². The highest BCUT2D eigenvalue weighted by Gasteiger charge is 2.26. The molecule has 0 saturated carbocycles. The van der Waals surface area contributed by atoms with E-state index in [-0.39, 0.29) is 0 Å². The summed E-state index contributed by atoms with van der Waals surface area (Å²) in [6.45, 7) is 1.32. The fourth-order valence-electron chi connectivity index (χ4n) is 2.31. The Kier molecular flexibility index (Phi) is 5.69. The lowest BCUT2D eigenvalue weighted by molar-refractivity contribution is 0.365. The summed E-state index contributed by atoms with van der Waals surface area (Å²) in [7, 11) is -3.29. The third kappa shape index (κ3) is 3.94. The molecule has 3 nitrogen and oxygen atoms in total. The van der Waals surface area contributed by atoms with Crippen LogP contribution < -0.4 is 0 Å². The van der Waals surface area contributed by atoms with E-state index in [9.17, 15) is 8.42 Å². The van der Waals surface area contributed by atoms with Gasteiger partial charge in [0.25, 0.3) is 10.0 Å². The van der Waals surface area contributed by atoms with Crippen molar-refractivity contribution >= 4 is 33.0 Å². The van der Waals surface area contributed by atoms with Crippen LogP contribution >= 0.6 is 22.9 Å². The lowest BCUT2D eigenvalue weighted by Crippen LogP contribution is -2.33. The standard InChI is InChI=1S/C13H20ClNO2S2/c14-9-8-12-6-7-13(18-12)19(16,17)15-10-4-2-1-3-5-11-15/h6-7H,1-5,8-11H2. The van der Waals surface area contributed by atoms with Crippen LogP contribution in [0.1, 0.15) is 37.0 Å². The van der Waals surface area contributed by atoms with Crippen molar-refractivity contribution < 1.29 is 8.42 Å². The maximum atomic E-state index is 12.6.